The molecule has 0 unspecified atom stereocenters. The Balaban J connectivity index is 1.73. The van der Waals surface area contributed by atoms with Crippen LogP contribution in [0.1, 0.15) is 23.2 Å². The predicted molar refractivity (Wildman–Crippen MR) is 105 cm³/mol. The summed E-state index contributed by atoms with van der Waals surface area (Å²) in [6.07, 6.45) is 0.317. The van der Waals surface area contributed by atoms with E-state index in [2.05, 4.69) is 0 Å². The van der Waals surface area contributed by atoms with Gasteiger partial charge < -0.3 is 9.47 Å². The normalized spacial score (nSPS) is 10.7. The summed E-state index contributed by atoms with van der Waals surface area (Å²) in [6, 6.07) is 20.0. The molecule has 0 atom stereocenters. The van der Waals surface area contributed by atoms with E-state index >= 15 is 0 Å². The van der Waals surface area contributed by atoms with Crippen LogP contribution in [-0.2, 0) is 24.4 Å². The van der Waals surface area contributed by atoms with Gasteiger partial charge in [-0.15, -0.1) is 0 Å². The number of carbonyl (C=O) groups is 1. The number of nitrogens with zero attached hydrogens (tertiary/aromatic N) is 2. The predicted octanol–water partition coefficient (Wildman–Crippen LogP) is 3.84. The van der Waals surface area contributed by atoms with E-state index in [9.17, 15) is 9.59 Å². The van der Waals surface area contributed by atoms with Crippen LogP contribution in [0.3, 0.4) is 0 Å². The van der Waals surface area contributed by atoms with E-state index in [-0.39, 0.29) is 10.8 Å². The van der Waals surface area contributed by atoms with Gasteiger partial charge in [0.05, 0.1) is 0 Å². The lowest BCUT2D eigenvalue weighted by molar-refractivity contribution is -0.132. The lowest BCUT2D eigenvalue weighted by Gasteiger charge is -2.23. The summed E-state index contributed by atoms with van der Waals surface area (Å²) in [6.45, 7) is 3.44. The van der Waals surface area contributed by atoms with Crippen molar-refractivity contribution in [1.29, 1.82) is 0 Å². The van der Waals surface area contributed by atoms with Crippen LogP contribution in [0.2, 0.25) is 0 Å². The zero-order valence-electron chi connectivity index (χ0n) is 14.8. The Morgan fingerprint density at radius 2 is 1.50 bits per heavy atom. The quantitative estimate of drug-likeness (QED) is 0.638. The Morgan fingerprint density at radius 1 is 0.962 bits per heavy atom. The fourth-order valence-corrected chi connectivity index (χ4v) is 3.64. The molecule has 0 fully saturated rings. The third-order valence-corrected chi connectivity index (χ3v) is 5.19. The first-order valence-electron chi connectivity index (χ1n) is 8.64. The molecule has 4 nitrogen and oxygen atoms in total. The summed E-state index contributed by atoms with van der Waals surface area (Å²) in [5.41, 5.74) is 3.10. The molecule has 134 valence electrons. The Bertz CT molecular complexity index is 859. The van der Waals surface area contributed by atoms with E-state index in [4.69, 9.17) is 0 Å². The minimum absolute atomic E-state index is 0.00651. The molecule has 0 aliphatic rings. The monoisotopic (exact) mass is 366 g/mol. The fraction of sp³-hybridized carbons (Fsp3) is 0.238. The molecule has 0 bridgehead atoms. The number of carbonyl (C=O) groups excluding carboxylic acids is 1. The van der Waals surface area contributed by atoms with Crippen molar-refractivity contribution in [3.63, 3.8) is 0 Å². The Morgan fingerprint density at radius 3 is 1.96 bits per heavy atom. The van der Waals surface area contributed by atoms with Gasteiger partial charge in [0.1, 0.15) is 0 Å². The van der Waals surface area contributed by atoms with Crippen molar-refractivity contribution in [2.24, 2.45) is 0 Å². The second-order valence-corrected chi connectivity index (χ2v) is 7.09. The maximum Gasteiger partial charge on any atom is 0.307 e. The summed E-state index contributed by atoms with van der Waals surface area (Å²) in [4.78, 5) is 26.6. The summed E-state index contributed by atoms with van der Waals surface area (Å²) < 4.78 is 1.67. The first kappa shape index (κ1) is 18.1. The van der Waals surface area contributed by atoms with Crippen LogP contribution in [0.5, 0.6) is 0 Å². The van der Waals surface area contributed by atoms with E-state index in [0.29, 0.717) is 26.1 Å². The topological polar surface area (TPSA) is 42.3 Å². The van der Waals surface area contributed by atoms with Crippen molar-refractivity contribution in [2.75, 3.05) is 0 Å². The molecule has 3 rings (SSSR count). The highest BCUT2D eigenvalue weighted by molar-refractivity contribution is 7.07. The van der Waals surface area contributed by atoms with Crippen LogP contribution in [0.4, 0.5) is 0 Å². The highest BCUT2D eigenvalue weighted by Crippen LogP contribution is 2.12. The number of rotatable bonds is 7. The van der Waals surface area contributed by atoms with Gasteiger partial charge in [-0.25, -0.2) is 0 Å². The van der Waals surface area contributed by atoms with Crippen LogP contribution in [0.25, 0.3) is 0 Å². The number of amides is 1. The van der Waals surface area contributed by atoms with Crippen molar-refractivity contribution < 1.29 is 4.79 Å². The zero-order valence-corrected chi connectivity index (χ0v) is 15.6. The zero-order chi connectivity index (χ0) is 18.4. The highest BCUT2D eigenvalue weighted by Gasteiger charge is 2.15. The van der Waals surface area contributed by atoms with E-state index in [1.54, 1.807) is 4.57 Å². The van der Waals surface area contributed by atoms with Gasteiger partial charge in [-0.3, -0.25) is 9.59 Å². The summed E-state index contributed by atoms with van der Waals surface area (Å²) in [5, 5.41) is 1.83. The van der Waals surface area contributed by atoms with Crippen LogP contribution >= 0.6 is 11.3 Å². The molecule has 0 N–H and O–H groups in total. The lowest BCUT2D eigenvalue weighted by atomic mass is 10.1. The van der Waals surface area contributed by atoms with Gasteiger partial charge in [0.2, 0.25) is 5.91 Å². The lowest BCUT2D eigenvalue weighted by Crippen LogP contribution is -2.31. The number of hydrogen-bond acceptors (Lipinski definition) is 3. The van der Waals surface area contributed by atoms with Gasteiger partial charge in [-0.05, 0) is 18.1 Å². The van der Waals surface area contributed by atoms with Gasteiger partial charge in [0.15, 0.2) is 0 Å². The van der Waals surface area contributed by atoms with E-state index < -0.39 is 0 Å². The molecule has 1 aromatic heterocycles. The van der Waals surface area contributed by atoms with Gasteiger partial charge in [0.25, 0.3) is 0 Å². The minimum Gasteiger partial charge on any atom is -0.334 e. The van der Waals surface area contributed by atoms with Crippen molar-refractivity contribution in [2.45, 2.75) is 33.0 Å². The fourth-order valence-electron chi connectivity index (χ4n) is 2.88. The number of aryl methyl sites for hydroxylation is 1. The van der Waals surface area contributed by atoms with Crippen molar-refractivity contribution >= 4 is 17.2 Å². The Kier molecular flexibility index (Phi) is 6.02. The summed E-state index contributed by atoms with van der Waals surface area (Å²) in [7, 11) is 0. The molecule has 5 heteroatoms. The second-order valence-electron chi connectivity index (χ2n) is 6.27. The van der Waals surface area contributed by atoms with Crippen LogP contribution in [0, 0.1) is 6.92 Å². The molecule has 0 aliphatic carbocycles. The summed E-state index contributed by atoms with van der Waals surface area (Å²) >= 11 is 1.18. The number of thiazole rings is 1. The molecule has 0 saturated carbocycles. The maximum absolute atomic E-state index is 12.9. The smallest absolute Gasteiger partial charge is 0.307 e. The maximum atomic E-state index is 12.9. The average Bonchev–Trinajstić information content (AvgIpc) is 2.99. The van der Waals surface area contributed by atoms with Gasteiger partial charge in [-0.2, -0.15) is 0 Å². The third kappa shape index (κ3) is 4.70. The SMILES string of the molecule is Cc1csc(=O)n1CCC(=O)N(Cc1ccccc1)Cc1ccccc1. The minimum atomic E-state index is -0.00651. The second kappa shape index (κ2) is 8.63. The molecule has 1 heterocycles. The number of benzene rings is 2. The average molecular weight is 366 g/mol. The molecule has 26 heavy (non-hydrogen) atoms. The van der Waals surface area contributed by atoms with Crippen molar-refractivity contribution in [3.8, 4) is 0 Å². The largest absolute Gasteiger partial charge is 0.334 e. The van der Waals surface area contributed by atoms with Crippen LogP contribution in [-0.4, -0.2) is 15.4 Å². The number of aromatic nitrogens is 1. The Labute approximate surface area is 157 Å². The highest BCUT2D eigenvalue weighted by atomic mass is 32.1. The van der Waals surface area contributed by atoms with Crippen molar-refractivity contribution in [1.82, 2.24) is 9.47 Å². The third-order valence-electron chi connectivity index (χ3n) is 4.31. The summed E-state index contributed by atoms with van der Waals surface area (Å²) in [5.74, 6) is 0.0511. The standard InChI is InChI=1S/C21H22N2O2S/c1-17-16-26-21(25)23(17)13-12-20(24)22(14-18-8-4-2-5-9-18)15-19-10-6-3-7-11-19/h2-11,16H,12-15H2,1H3. The van der Waals surface area contributed by atoms with E-state index in [0.717, 1.165) is 16.8 Å². The number of hydrogen-bond donors (Lipinski definition) is 0. The molecule has 2 aromatic carbocycles. The first-order chi connectivity index (χ1) is 12.6. The molecular formula is C21H22N2O2S. The molecule has 0 saturated heterocycles. The van der Waals surface area contributed by atoms with E-state index in [1.807, 2.05) is 77.9 Å². The van der Waals surface area contributed by atoms with Crippen LogP contribution in [0.15, 0.2) is 70.8 Å². The molecule has 0 aliphatic heterocycles. The molecule has 0 spiro atoms. The van der Waals surface area contributed by atoms with E-state index in [1.165, 1.54) is 11.3 Å². The molecule has 1 amide bonds. The Hall–Kier alpha value is -2.66. The first-order valence-corrected chi connectivity index (χ1v) is 9.52. The van der Waals surface area contributed by atoms with Gasteiger partial charge >= 0.3 is 4.87 Å². The molecule has 3 aromatic rings. The van der Waals surface area contributed by atoms with Gasteiger partial charge in [0, 0.05) is 37.1 Å². The van der Waals surface area contributed by atoms with Crippen LogP contribution < -0.4 is 4.87 Å². The molecule has 0 radical (unpaired) electrons. The van der Waals surface area contributed by atoms with Gasteiger partial charge in [-0.1, -0.05) is 72.0 Å². The molecular weight excluding hydrogens is 344 g/mol. The van der Waals surface area contributed by atoms with Crippen molar-refractivity contribution in [3.05, 3.63) is 92.5 Å².